The van der Waals surface area contributed by atoms with Crippen molar-refractivity contribution in [2.45, 2.75) is 27.2 Å². The number of nitrogens with one attached hydrogen (secondary N) is 1. The molecular weight excluding hydrogens is 390 g/mol. The number of carbonyl (C=O) groups is 2. The van der Waals surface area contributed by atoms with E-state index in [1.165, 1.54) is 4.90 Å². The zero-order valence-electron chi connectivity index (χ0n) is 19.0. The molecule has 0 saturated carbocycles. The highest BCUT2D eigenvalue weighted by atomic mass is 16.5. The second kappa shape index (κ2) is 9.79. The second-order valence-electron chi connectivity index (χ2n) is 7.93. The number of amides is 2. The normalized spacial score (nSPS) is 13.9. The molecule has 1 aliphatic rings. The van der Waals surface area contributed by atoms with Crippen LogP contribution in [0, 0.1) is 13.8 Å². The third-order valence-electron chi connectivity index (χ3n) is 5.49. The van der Waals surface area contributed by atoms with Gasteiger partial charge >= 0.3 is 0 Å². The summed E-state index contributed by atoms with van der Waals surface area (Å²) in [4.78, 5) is 29.8. The number of anilines is 2. The van der Waals surface area contributed by atoms with Crippen molar-refractivity contribution >= 4 is 28.8 Å². The highest BCUT2D eigenvalue weighted by Gasteiger charge is 2.38. The van der Waals surface area contributed by atoms with E-state index in [4.69, 9.17) is 4.74 Å². The first-order valence-electron chi connectivity index (χ1n) is 10.6. The smallest absolute Gasteiger partial charge is 0.278 e. The van der Waals surface area contributed by atoms with Crippen LogP contribution in [0.3, 0.4) is 0 Å². The summed E-state index contributed by atoms with van der Waals surface area (Å²) >= 11 is 0. The van der Waals surface area contributed by atoms with Gasteiger partial charge < -0.3 is 15.0 Å². The van der Waals surface area contributed by atoms with Crippen molar-refractivity contribution < 1.29 is 14.3 Å². The molecule has 3 rings (SSSR count). The summed E-state index contributed by atoms with van der Waals surface area (Å²) in [5.74, 6) is -0.566. The molecular formula is C25H31N3O3. The lowest BCUT2D eigenvalue weighted by molar-refractivity contribution is -0.137. The minimum atomic E-state index is -0.300. The lowest BCUT2D eigenvalue weighted by atomic mass is 9.99. The van der Waals surface area contributed by atoms with Gasteiger partial charge in [0.1, 0.15) is 5.70 Å². The van der Waals surface area contributed by atoms with Crippen molar-refractivity contribution in [1.29, 1.82) is 0 Å². The van der Waals surface area contributed by atoms with E-state index in [0.717, 1.165) is 28.1 Å². The Kier molecular flexibility index (Phi) is 7.13. The largest absolute Gasteiger partial charge is 0.382 e. The van der Waals surface area contributed by atoms with Gasteiger partial charge in [0.25, 0.3) is 11.8 Å². The van der Waals surface area contributed by atoms with Crippen LogP contribution in [0.4, 0.5) is 11.4 Å². The molecule has 0 aromatic heterocycles. The minimum Gasteiger partial charge on any atom is -0.382 e. The molecule has 6 heteroatoms. The minimum absolute atomic E-state index is 0.267. The number of benzene rings is 2. The van der Waals surface area contributed by atoms with Crippen LogP contribution in [-0.4, -0.2) is 50.6 Å². The quantitative estimate of drug-likeness (QED) is 0.490. The number of nitrogens with zero attached hydrogens (tertiary/aromatic N) is 2. The van der Waals surface area contributed by atoms with E-state index in [1.807, 2.05) is 82.2 Å². The zero-order valence-corrected chi connectivity index (χ0v) is 19.0. The number of hydrogen-bond acceptors (Lipinski definition) is 5. The molecule has 0 radical (unpaired) electrons. The molecule has 0 aliphatic carbocycles. The fraction of sp³-hybridized carbons (Fsp3) is 0.360. The van der Waals surface area contributed by atoms with E-state index in [1.54, 1.807) is 0 Å². The van der Waals surface area contributed by atoms with E-state index in [9.17, 15) is 9.59 Å². The maximum atomic E-state index is 13.3. The SMILES string of the molecule is CCOCCCN1C(=O)C(Nc2ccc(N(C)C)cc2)=C(c2ccc(C)c(C)c2)C1=O. The summed E-state index contributed by atoms with van der Waals surface area (Å²) < 4.78 is 5.37. The molecule has 1 aliphatic heterocycles. The summed E-state index contributed by atoms with van der Waals surface area (Å²) in [6, 6.07) is 13.6. The summed E-state index contributed by atoms with van der Waals surface area (Å²) in [6.07, 6.45) is 0.607. The number of aryl methyl sites for hydroxylation is 2. The number of carbonyl (C=O) groups excluding carboxylic acids is 2. The van der Waals surface area contributed by atoms with Crippen LogP contribution >= 0.6 is 0 Å². The van der Waals surface area contributed by atoms with Gasteiger partial charge in [-0.1, -0.05) is 18.2 Å². The molecule has 1 heterocycles. The zero-order chi connectivity index (χ0) is 22.5. The van der Waals surface area contributed by atoms with Crippen LogP contribution in [0.5, 0.6) is 0 Å². The molecule has 31 heavy (non-hydrogen) atoms. The molecule has 2 amide bonds. The van der Waals surface area contributed by atoms with Crippen LogP contribution in [0.2, 0.25) is 0 Å². The number of hydrogen-bond donors (Lipinski definition) is 1. The molecule has 6 nitrogen and oxygen atoms in total. The summed E-state index contributed by atoms with van der Waals surface area (Å²) in [5.41, 5.74) is 5.53. The van der Waals surface area contributed by atoms with Crippen molar-refractivity contribution in [3.8, 4) is 0 Å². The molecule has 0 spiro atoms. The highest BCUT2D eigenvalue weighted by molar-refractivity contribution is 6.36. The molecule has 2 aromatic carbocycles. The van der Waals surface area contributed by atoms with Gasteiger partial charge in [0.15, 0.2) is 0 Å². The van der Waals surface area contributed by atoms with Gasteiger partial charge in [-0.05, 0) is 68.1 Å². The van der Waals surface area contributed by atoms with Crippen molar-refractivity contribution in [3.05, 3.63) is 64.9 Å². The van der Waals surface area contributed by atoms with E-state index in [0.29, 0.717) is 37.4 Å². The van der Waals surface area contributed by atoms with Crippen LogP contribution in [0.25, 0.3) is 5.57 Å². The number of rotatable bonds is 9. The average Bonchev–Trinajstić information content (AvgIpc) is 2.97. The maximum Gasteiger partial charge on any atom is 0.278 e. The monoisotopic (exact) mass is 421 g/mol. The molecule has 0 atom stereocenters. The van der Waals surface area contributed by atoms with Gasteiger partial charge in [-0.3, -0.25) is 14.5 Å². The summed E-state index contributed by atoms with van der Waals surface area (Å²) in [7, 11) is 3.95. The standard InChI is InChI=1S/C25H31N3O3/c1-6-31-15-7-14-28-24(29)22(19-9-8-17(2)18(3)16-19)23(25(28)30)26-20-10-12-21(13-11-20)27(4)5/h8-13,16,26H,6-7,14-15H2,1-5H3. The third kappa shape index (κ3) is 4.97. The van der Waals surface area contributed by atoms with Gasteiger partial charge in [-0.15, -0.1) is 0 Å². The lowest BCUT2D eigenvalue weighted by Crippen LogP contribution is -2.34. The van der Waals surface area contributed by atoms with Crippen molar-refractivity contribution in [3.63, 3.8) is 0 Å². The number of imide groups is 1. The van der Waals surface area contributed by atoms with E-state index >= 15 is 0 Å². The summed E-state index contributed by atoms with van der Waals surface area (Å²) in [5, 5.41) is 3.22. The first-order chi connectivity index (χ1) is 14.8. The Morgan fingerprint density at radius 1 is 0.968 bits per heavy atom. The van der Waals surface area contributed by atoms with Gasteiger partial charge in [0, 0.05) is 45.2 Å². The van der Waals surface area contributed by atoms with E-state index < -0.39 is 0 Å². The Labute approximate surface area is 184 Å². The first kappa shape index (κ1) is 22.6. The molecule has 0 fully saturated rings. The van der Waals surface area contributed by atoms with Gasteiger partial charge in [-0.2, -0.15) is 0 Å². The van der Waals surface area contributed by atoms with Gasteiger partial charge in [0.2, 0.25) is 0 Å². The highest BCUT2D eigenvalue weighted by Crippen LogP contribution is 2.32. The van der Waals surface area contributed by atoms with Crippen LogP contribution in [-0.2, 0) is 14.3 Å². The second-order valence-corrected chi connectivity index (χ2v) is 7.93. The van der Waals surface area contributed by atoms with Crippen LogP contribution < -0.4 is 10.2 Å². The predicted molar refractivity (Wildman–Crippen MR) is 125 cm³/mol. The van der Waals surface area contributed by atoms with Crippen molar-refractivity contribution in [2.24, 2.45) is 0 Å². The number of ether oxygens (including phenoxy) is 1. The third-order valence-corrected chi connectivity index (χ3v) is 5.49. The fourth-order valence-electron chi connectivity index (χ4n) is 3.52. The Bertz CT molecular complexity index is 994. The molecule has 1 N–H and O–H groups in total. The molecule has 0 bridgehead atoms. The first-order valence-corrected chi connectivity index (χ1v) is 10.6. The molecule has 2 aromatic rings. The average molecular weight is 422 g/mol. The summed E-state index contributed by atoms with van der Waals surface area (Å²) in [6.45, 7) is 7.42. The van der Waals surface area contributed by atoms with Crippen LogP contribution in [0.15, 0.2) is 48.2 Å². The Morgan fingerprint density at radius 2 is 1.68 bits per heavy atom. The lowest BCUT2D eigenvalue weighted by Gasteiger charge is -2.16. The van der Waals surface area contributed by atoms with Crippen LogP contribution in [0.1, 0.15) is 30.0 Å². The van der Waals surface area contributed by atoms with Crippen molar-refractivity contribution in [1.82, 2.24) is 4.90 Å². The predicted octanol–water partition coefficient (Wildman–Crippen LogP) is 3.99. The van der Waals surface area contributed by atoms with Gasteiger partial charge in [0.05, 0.1) is 5.57 Å². The van der Waals surface area contributed by atoms with Crippen molar-refractivity contribution in [2.75, 3.05) is 44.1 Å². The molecule has 0 unspecified atom stereocenters. The van der Waals surface area contributed by atoms with E-state index in [-0.39, 0.29) is 11.8 Å². The Balaban J connectivity index is 1.95. The topological polar surface area (TPSA) is 61.9 Å². The fourth-order valence-corrected chi connectivity index (χ4v) is 3.52. The Hall–Kier alpha value is -3.12. The molecule has 0 saturated heterocycles. The van der Waals surface area contributed by atoms with E-state index in [2.05, 4.69) is 5.32 Å². The molecule has 164 valence electrons. The maximum absolute atomic E-state index is 13.3. The van der Waals surface area contributed by atoms with Gasteiger partial charge in [-0.25, -0.2) is 0 Å². The Morgan fingerprint density at radius 3 is 2.29 bits per heavy atom.